The molecular formula is C17H17N3OS. The van der Waals surface area contributed by atoms with Crippen molar-refractivity contribution in [1.82, 2.24) is 15.0 Å². The van der Waals surface area contributed by atoms with Crippen LogP contribution in [-0.4, -0.2) is 15.0 Å². The van der Waals surface area contributed by atoms with Gasteiger partial charge in [0.2, 0.25) is 5.89 Å². The second kappa shape index (κ2) is 6.32. The van der Waals surface area contributed by atoms with E-state index in [0.717, 1.165) is 33.4 Å². The van der Waals surface area contributed by atoms with Crippen LogP contribution in [0.1, 0.15) is 22.8 Å². The first-order chi connectivity index (χ1) is 10.6. The van der Waals surface area contributed by atoms with Gasteiger partial charge in [-0.1, -0.05) is 42.1 Å². The van der Waals surface area contributed by atoms with E-state index in [2.05, 4.69) is 15.0 Å². The van der Waals surface area contributed by atoms with Crippen molar-refractivity contribution < 1.29 is 4.42 Å². The zero-order valence-corrected chi connectivity index (χ0v) is 13.6. The SMILES string of the molecule is Cc1nc(SCc2ncc(-c3ccccc3)o2)nc(C)c1C. The molecule has 3 rings (SSSR count). The molecular weight excluding hydrogens is 294 g/mol. The van der Waals surface area contributed by atoms with Crippen molar-refractivity contribution >= 4 is 11.8 Å². The maximum Gasteiger partial charge on any atom is 0.205 e. The van der Waals surface area contributed by atoms with Gasteiger partial charge in [0.25, 0.3) is 0 Å². The van der Waals surface area contributed by atoms with Crippen molar-refractivity contribution in [2.45, 2.75) is 31.7 Å². The molecule has 2 heterocycles. The van der Waals surface area contributed by atoms with Crippen LogP contribution in [0.5, 0.6) is 0 Å². The van der Waals surface area contributed by atoms with E-state index in [1.54, 1.807) is 18.0 Å². The van der Waals surface area contributed by atoms with E-state index in [4.69, 9.17) is 4.42 Å². The molecule has 0 fully saturated rings. The molecule has 5 heteroatoms. The van der Waals surface area contributed by atoms with Crippen LogP contribution in [0.4, 0.5) is 0 Å². The van der Waals surface area contributed by atoms with E-state index >= 15 is 0 Å². The number of hydrogen-bond donors (Lipinski definition) is 0. The Balaban J connectivity index is 1.71. The molecule has 4 nitrogen and oxygen atoms in total. The van der Waals surface area contributed by atoms with Crippen LogP contribution < -0.4 is 0 Å². The Morgan fingerprint density at radius 3 is 2.36 bits per heavy atom. The molecule has 0 spiro atoms. The molecule has 112 valence electrons. The molecule has 2 aromatic heterocycles. The lowest BCUT2D eigenvalue weighted by Gasteiger charge is -2.05. The number of hydrogen-bond acceptors (Lipinski definition) is 5. The Kier molecular flexibility index (Phi) is 4.24. The Morgan fingerprint density at radius 2 is 1.68 bits per heavy atom. The number of aromatic nitrogens is 3. The molecule has 0 saturated carbocycles. The molecule has 0 bridgehead atoms. The van der Waals surface area contributed by atoms with Gasteiger partial charge in [0.05, 0.1) is 11.9 Å². The fraction of sp³-hybridized carbons (Fsp3) is 0.235. The minimum Gasteiger partial charge on any atom is -0.440 e. The molecule has 0 aliphatic carbocycles. The molecule has 0 amide bonds. The van der Waals surface area contributed by atoms with Crippen LogP contribution in [0.15, 0.2) is 46.1 Å². The van der Waals surface area contributed by atoms with Gasteiger partial charge in [-0.15, -0.1) is 0 Å². The summed E-state index contributed by atoms with van der Waals surface area (Å²) in [5.74, 6) is 2.09. The molecule has 22 heavy (non-hydrogen) atoms. The lowest BCUT2D eigenvalue weighted by molar-refractivity contribution is 0.530. The average Bonchev–Trinajstić information content (AvgIpc) is 3.00. The lowest BCUT2D eigenvalue weighted by atomic mass is 10.2. The van der Waals surface area contributed by atoms with Crippen molar-refractivity contribution in [1.29, 1.82) is 0 Å². The summed E-state index contributed by atoms with van der Waals surface area (Å²) in [6, 6.07) is 9.96. The largest absolute Gasteiger partial charge is 0.440 e. The van der Waals surface area contributed by atoms with Crippen LogP contribution in [0.25, 0.3) is 11.3 Å². The lowest BCUT2D eigenvalue weighted by Crippen LogP contribution is -1.98. The molecule has 0 unspecified atom stereocenters. The van der Waals surface area contributed by atoms with Crippen LogP contribution in [0.2, 0.25) is 0 Å². The Morgan fingerprint density at radius 1 is 1.00 bits per heavy atom. The van der Waals surface area contributed by atoms with Gasteiger partial charge in [0.1, 0.15) is 0 Å². The fourth-order valence-electron chi connectivity index (χ4n) is 2.05. The van der Waals surface area contributed by atoms with E-state index in [9.17, 15) is 0 Å². The van der Waals surface area contributed by atoms with Gasteiger partial charge in [-0.05, 0) is 26.3 Å². The van der Waals surface area contributed by atoms with Gasteiger partial charge < -0.3 is 4.42 Å². The predicted octanol–water partition coefficient (Wildman–Crippen LogP) is 4.35. The standard InChI is InChI=1S/C17H17N3OS/c1-11-12(2)19-17(20-13(11)3)22-10-16-18-9-15(21-16)14-7-5-4-6-8-14/h4-9H,10H2,1-3H3. The third-order valence-electron chi connectivity index (χ3n) is 3.55. The first-order valence-corrected chi connectivity index (χ1v) is 8.07. The van der Waals surface area contributed by atoms with Crippen LogP contribution >= 0.6 is 11.8 Å². The maximum atomic E-state index is 5.79. The number of rotatable bonds is 4. The van der Waals surface area contributed by atoms with Gasteiger partial charge in [-0.3, -0.25) is 0 Å². The summed E-state index contributed by atoms with van der Waals surface area (Å²) >= 11 is 1.54. The molecule has 0 saturated heterocycles. The van der Waals surface area contributed by atoms with Gasteiger partial charge in [0, 0.05) is 17.0 Å². The van der Waals surface area contributed by atoms with Gasteiger partial charge in [-0.25, -0.2) is 15.0 Å². The van der Waals surface area contributed by atoms with Crippen molar-refractivity contribution in [2.24, 2.45) is 0 Å². The first-order valence-electron chi connectivity index (χ1n) is 7.08. The van der Waals surface area contributed by atoms with E-state index < -0.39 is 0 Å². The summed E-state index contributed by atoms with van der Waals surface area (Å²) in [7, 11) is 0. The molecule has 3 aromatic rings. The summed E-state index contributed by atoms with van der Waals surface area (Å²) in [6.07, 6.45) is 1.76. The third-order valence-corrected chi connectivity index (χ3v) is 4.38. The first kappa shape index (κ1) is 14.8. The van der Waals surface area contributed by atoms with Crippen molar-refractivity contribution in [2.75, 3.05) is 0 Å². The van der Waals surface area contributed by atoms with Crippen molar-refractivity contribution in [3.63, 3.8) is 0 Å². The normalized spacial score (nSPS) is 10.9. The van der Waals surface area contributed by atoms with E-state index in [1.807, 2.05) is 51.1 Å². The van der Waals surface area contributed by atoms with Gasteiger partial charge in [-0.2, -0.15) is 0 Å². The Bertz CT molecular complexity index is 761. The summed E-state index contributed by atoms with van der Waals surface area (Å²) in [5.41, 5.74) is 4.22. The van der Waals surface area contributed by atoms with E-state index in [-0.39, 0.29) is 0 Å². The smallest absolute Gasteiger partial charge is 0.205 e. The minimum atomic E-state index is 0.620. The molecule has 0 aliphatic rings. The monoisotopic (exact) mass is 311 g/mol. The van der Waals surface area contributed by atoms with Crippen molar-refractivity contribution in [3.05, 3.63) is 59.4 Å². The van der Waals surface area contributed by atoms with E-state index in [0.29, 0.717) is 11.6 Å². The van der Waals surface area contributed by atoms with Crippen LogP contribution in [-0.2, 0) is 5.75 Å². The quantitative estimate of drug-likeness (QED) is 0.529. The van der Waals surface area contributed by atoms with Crippen molar-refractivity contribution in [3.8, 4) is 11.3 Å². The molecule has 0 atom stereocenters. The maximum absolute atomic E-state index is 5.79. The number of oxazole rings is 1. The van der Waals surface area contributed by atoms with Crippen LogP contribution in [0, 0.1) is 20.8 Å². The second-order valence-corrected chi connectivity index (χ2v) is 6.02. The highest BCUT2D eigenvalue weighted by Crippen LogP contribution is 2.24. The van der Waals surface area contributed by atoms with E-state index in [1.165, 1.54) is 0 Å². The number of nitrogens with zero attached hydrogens (tertiary/aromatic N) is 3. The highest BCUT2D eigenvalue weighted by molar-refractivity contribution is 7.98. The number of benzene rings is 1. The Labute approximate surface area is 134 Å². The molecule has 0 aliphatic heterocycles. The molecule has 0 N–H and O–H groups in total. The van der Waals surface area contributed by atoms with Gasteiger partial charge in [0.15, 0.2) is 10.9 Å². The predicted molar refractivity (Wildman–Crippen MR) is 87.7 cm³/mol. The number of thioether (sulfide) groups is 1. The van der Waals surface area contributed by atoms with Gasteiger partial charge >= 0.3 is 0 Å². The highest BCUT2D eigenvalue weighted by atomic mass is 32.2. The third kappa shape index (κ3) is 3.20. The highest BCUT2D eigenvalue weighted by Gasteiger charge is 2.09. The zero-order valence-electron chi connectivity index (χ0n) is 12.8. The topological polar surface area (TPSA) is 51.8 Å². The summed E-state index contributed by atoms with van der Waals surface area (Å²) < 4.78 is 5.79. The second-order valence-electron chi connectivity index (χ2n) is 5.07. The molecule has 0 radical (unpaired) electrons. The zero-order chi connectivity index (χ0) is 15.5. The fourth-order valence-corrected chi connectivity index (χ4v) is 2.83. The summed E-state index contributed by atoms with van der Waals surface area (Å²) in [4.78, 5) is 13.3. The number of aryl methyl sites for hydroxylation is 2. The molecule has 1 aromatic carbocycles. The Hall–Kier alpha value is -2.14. The van der Waals surface area contributed by atoms with Crippen LogP contribution in [0.3, 0.4) is 0 Å². The summed E-state index contributed by atoms with van der Waals surface area (Å²) in [5, 5.41) is 0.764. The average molecular weight is 311 g/mol. The summed E-state index contributed by atoms with van der Waals surface area (Å²) in [6.45, 7) is 6.05. The minimum absolute atomic E-state index is 0.620.